The van der Waals surface area contributed by atoms with Gasteiger partial charge in [-0.25, -0.2) is 4.98 Å². The van der Waals surface area contributed by atoms with Gasteiger partial charge in [0.25, 0.3) is 0 Å². The fourth-order valence-electron chi connectivity index (χ4n) is 3.04. The minimum Gasteiger partial charge on any atom is -0.354 e. The maximum Gasteiger partial charge on any atom is 0.416 e. The zero-order valence-electron chi connectivity index (χ0n) is 14.4. The van der Waals surface area contributed by atoms with E-state index in [1.54, 1.807) is 24.8 Å². The van der Waals surface area contributed by atoms with E-state index in [0.717, 1.165) is 12.1 Å². The first-order valence-corrected chi connectivity index (χ1v) is 8.50. The van der Waals surface area contributed by atoms with Gasteiger partial charge in [-0.1, -0.05) is 12.1 Å². The highest BCUT2D eigenvalue weighted by Gasteiger charge is 2.35. The Morgan fingerprint density at radius 3 is 2.85 bits per heavy atom. The molecule has 27 heavy (non-hydrogen) atoms. The second-order valence-corrected chi connectivity index (χ2v) is 6.46. The number of likely N-dealkylation sites (tertiary alicyclic amines) is 1. The highest BCUT2D eigenvalue weighted by atomic mass is 19.4. The van der Waals surface area contributed by atoms with Gasteiger partial charge in [0.2, 0.25) is 11.8 Å². The number of aromatic nitrogens is 2. The van der Waals surface area contributed by atoms with Gasteiger partial charge in [-0.3, -0.25) is 9.59 Å². The van der Waals surface area contributed by atoms with Crippen molar-refractivity contribution in [3.8, 4) is 0 Å². The summed E-state index contributed by atoms with van der Waals surface area (Å²) in [6.07, 6.45) is 0.700. The van der Waals surface area contributed by atoms with Gasteiger partial charge in [0, 0.05) is 45.0 Å². The van der Waals surface area contributed by atoms with E-state index in [4.69, 9.17) is 0 Å². The summed E-state index contributed by atoms with van der Waals surface area (Å²) in [5.41, 5.74) is -0.361. The third-order valence-electron chi connectivity index (χ3n) is 4.44. The number of rotatable bonds is 6. The summed E-state index contributed by atoms with van der Waals surface area (Å²) in [4.78, 5) is 29.7. The molecule has 0 saturated carbocycles. The Morgan fingerprint density at radius 2 is 2.15 bits per heavy atom. The zero-order valence-corrected chi connectivity index (χ0v) is 14.4. The van der Waals surface area contributed by atoms with Gasteiger partial charge >= 0.3 is 6.18 Å². The van der Waals surface area contributed by atoms with E-state index >= 15 is 0 Å². The lowest BCUT2D eigenvalue weighted by Crippen LogP contribution is -2.34. The van der Waals surface area contributed by atoms with Crippen molar-refractivity contribution in [1.82, 2.24) is 19.8 Å². The summed E-state index contributed by atoms with van der Waals surface area (Å²) >= 11 is 0. The molecule has 3 rings (SSSR count). The van der Waals surface area contributed by atoms with Crippen molar-refractivity contribution in [2.24, 2.45) is 5.92 Å². The summed E-state index contributed by atoms with van der Waals surface area (Å²) in [7, 11) is 0. The van der Waals surface area contributed by atoms with Gasteiger partial charge in [-0.15, -0.1) is 0 Å². The normalized spacial score (nSPS) is 17.4. The molecule has 0 aliphatic carbocycles. The van der Waals surface area contributed by atoms with Crippen molar-refractivity contribution >= 4 is 11.8 Å². The Balaban J connectivity index is 1.53. The number of halogens is 3. The molecule has 1 atom stereocenters. The van der Waals surface area contributed by atoms with Crippen LogP contribution in [0.1, 0.15) is 17.5 Å². The molecular formula is C18H19F3N4O2. The van der Waals surface area contributed by atoms with Crippen LogP contribution in [0.15, 0.2) is 43.0 Å². The number of amides is 2. The highest BCUT2D eigenvalue weighted by molar-refractivity contribution is 5.89. The van der Waals surface area contributed by atoms with Crippen LogP contribution in [0.2, 0.25) is 0 Å². The molecule has 1 aliphatic rings. The number of benzene rings is 1. The van der Waals surface area contributed by atoms with Gasteiger partial charge in [-0.2, -0.15) is 13.2 Å². The van der Waals surface area contributed by atoms with Crippen LogP contribution in [0, 0.1) is 5.92 Å². The number of nitrogens with zero attached hydrogens (tertiary/aromatic N) is 3. The van der Waals surface area contributed by atoms with Crippen molar-refractivity contribution in [2.75, 3.05) is 13.1 Å². The van der Waals surface area contributed by atoms with Crippen LogP contribution in [0.5, 0.6) is 0 Å². The van der Waals surface area contributed by atoms with E-state index in [1.165, 1.54) is 11.0 Å². The predicted octanol–water partition coefficient (Wildman–Crippen LogP) is 2.07. The molecule has 6 nitrogen and oxygen atoms in total. The molecule has 0 spiro atoms. The molecule has 9 heteroatoms. The molecule has 1 aromatic carbocycles. The maximum absolute atomic E-state index is 12.8. The summed E-state index contributed by atoms with van der Waals surface area (Å²) in [6.45, 7) is 1.24. The van der Waals surface area contributed by atoms with Crippen LogP contribution in [0.3, 0.4) is 0 Å². The fraction of sp³-hybridized carbons (Fsp3) is 0.389. The number of carbonyl (C=O) groups is 2. The standard InChI is InChI=1S/C18H19F3N4O2/c19-18(20,21)15-3-1-2-13(8-15)10-25-11-14(9-16(25)26)17(27)23-5-7-24-6-4-22-12-24/h1-4,6,8,12,14H,5,7,9-11H2,(H,23,27)/t14-/m0/s1. The SMILES string of the molecule is O=C(NCCn1ccnc1)[C@H]1CC(=O)N(Cc2cccc(C(F)(F)F)c2)C1. The van der Waals surface area contributed by atoms with Crippen LogP contribution in [-0.2, 0) is 28.9 Å². The molecule has 1 aromatic heterocycles. The number of hydrogen-bond donors (Lipinski definition) is 1. The fourth-order valence-corrected chi connectivity index (χ4v) is 3.04. The molecule has 2 heterocycles. The third-order valence-corrected chi connectivity index (χ3v) is 4.44. The van der Waals surface area contributed by atoms with Gasteiger partial charge in [0.05, 0.1) is 17.8 Å². The lowest BCUT2D eigenvalue weighted by atomic mass is 10.1. The Bertz CT molecular complexity index is 805. The number of alkyl halides is 3. The highest BCUT2D eigenvalue weighted by Crippen LogP contribution is 2.30. The Morgan fingerprint density at radius 1 is 1.33 bits per heavy atom. The van der Waals surface area contributed by atoms with Gasteiger partial charge in [0.1, 0.15) is 0 Å². The summed E-state index contributed by atoms with van der Waals surface area (Å²) in [5, 5.41) is 2.78. The largest absolute Gasteiger partial charge is 0.416 e. The second kappa shape index (κ2) is 7.81. The van der Waals surface area contributed by atoms with Gasteiger partial charge < -0.3 is 14.8 Å². The minimum absolute atomic E-state index is 0.0571. The van der Waals surface area contributed by atoms with Gasteiger partial charge in [-0.05, 0) is 17.7 Å². The quantitative estimate of drug-likeness (QED) is 0.834. The maximum atomic E-state index is 12.8. The lowest BCUT2D eigenvalue weighted by molar-refractivity contribution is -0.137. The van der Waals surface area contributed by atoms with Crippen LogP contribution < -0.4 is 5.32 Å². The average molecular weight is 380 g/mol. The third kappa shape index (κ3) is 4.87. The lowest BCUT2D eigenvalue weighted by Gasteiger charge is -2.17. The molecule has 0 unspecified atom stereocenters. The Kier molecular flexibility index (Phi) is 5.48. The molecule has 1 N–H and O–H groups in total. The molecular weight excluding hydrogens is 361 g/mol. The molecule has 2 aromatic rings. The van der Waals surface area contributed by atoms with E-state index in [-0.39, 0.29) is 31.3 Å². The smallest absolute Gasteiger partial charge is 0.354 e. The van der Waals surface area contributed by atoms with Gasteiger partial charge in [0.15, 0.2) is 0 Å². The van der Waals surface area contributed by atoms with Crippen molar-refractivity contribution in [3.63, 3.8) is 0 Å². The average Bonchev–Trinajstić information content (AvgIpc) is 3.25. The van der Waals surface area contributed by atoms with Crippen molar-refractivity contribution in [2.45, 2.75) is 25.7 Å². The van der Waals surface area contributed by atoms with Crippen molar-refractivity contribution < 1.29 is 22.8 Å². The number of carbonyl (C=O) groups excluding carboxylic acids is 2. The van der Waals surface area contributed by atoms with E-state index in [2.05, 4.69) is 10.3 Å². The van der Waals surface area contributed by atoms with E-state index in [9.17, 15) is 22.8 Å². The first kappa shape index (κ1) is 18.9. The molecule has 1 fully saturated rings. The Hall–Kier alpha value is -2.84. The van der Waals surface area contributed by atoms with Crippen molar-refractivity contribution in [3.05, 3.63) is 54.1 Å². The first-order valence-electron chi connectivity index (χ1n) is 8.50. The second-order valence-electron chi connectivity index (χ2n) is 6.46. The molecule has 144 valence electrons. The van der Waals surface area contributed by atoms with Crippen LogP contribution in [0.25, 0.3) is 0 Å². The van der Waals surface area contributed by atoms with E-state index in [0.29, 0.717) is 18.7 Å². The predicted molar refractivity (Wildman–Crippen MR) is 90.2 cm³/mol. The summed E-state index contributed by atoms with van der Waals surface area (Å²) < 4.78 is 40.2. The molecule has 1 saturated heterocycles. The first-order chi connectivity index (χ1) is 12.8. The monoisotopic (exact) mass is 380 g/mol. The number of hydrogen-bond acceptors (Lipinski definition) is 3. The Labute approximate surface area is 154 Å². The molecule has 1 aliphatic heterocycles. The van der Waals surface area contributed by atoms with Crippen LogP contribution >= 0.6 is 0 Å². The molecule has 0 bridgehead atoms. The number of imidazole rings is 1. The zero-order chi connectivity index (χ0) is 19.4. The van der Waals surface area contributed by atoms with Crippen LogP contribution in [-0.4, -0.2) is 39.4 Å². The summed E-state index contributed by atoms with van der Waals surface area (Å²) in [6, 6.07) is 4.89. The van der Waals surface area contributed by atoms with Crippen LogP contribution in [0.4, 0.5) is 13.2 Å². The topological polar surface area (TPSA) is 67.2 Å². The molecule has 2 amide bonds. The minimum atomic E-state index is -4.43. The molecule has 0 radical (unpaired) electrons. The summed E-state index contributed by atoms with van der Waals surface area (Å²) in [5.74, 6) is -0.955. The number of nitrogens with one attached hydrogen (secondary N) is 1. The van der Waals surface area contributed by atoms with E-state index in [1.807, 2.05) is 4.57 Å². The van der Waals surface area contributed by atoms with Crippen molar-refractivity contribution in [1.29, 1.82) is 0 Å². The van der Waals surface area contributed by atoms with E-state index < -0.39 is 17.7 Å².